The van der Waals surface area contributed by atoms with E-state index in [1.807, 2.05) is 0 Å². The van der Waals surface area contributed by atoms with Crippen LogP contribution in [0.2, 0.25) is 10.0 Å². The van der Waals surface area contributed by atoms with Crippen LogP contribution in [-0.4, -0.2) is 21.4 Å². The smallest absolute Gasteiger partial charge is 0.209 e. The van der Waals surface area contributed by atoms with Crippen molar-refractivity contribution in [3.8, 4) is 11.4 Å². The van der Waals surface area contributed by atoms with E-state index >= 15 is 0 Å². The molecule has 0 spiro atoms. The first-order valence-electron chi connectivity index (χ1n) is 5.18. The Kier molecular flexibility index (Phi) is 3.84. The summed E-state index contributed by atoms with van der Waals surface area (Å²) in [6.07, 6.45) is 1.93. The molecule has 0 aliphatic rings. The molecule has 0 aliphatic carbocycles. The lowest BCUT2D eigenvalue weighted by Crippen LogP contribution is -2.03. The third kappa shape index (κ3) is 3.00. The minimum atomic E-state index is -0.371. The van der Waals surface area contributed by atoms with E-state index in [0.29, 0.717) is 27.1 Å². The highest BCUT2D eigenvalue weighted by molar-refractivity contribution is 6.36. The van der Waals surface area contributed by atoms with Crippen LogP contribution in [-0.2, 0) is 6.42 Å². The van der Waals surface area contributed by atoms with Gasteiger partial charge in [0.15, 0.2) is 0 Å². The summed E-state index contributed by atoms with van der Waals surface area (Å²) in [4.78, 5) is 17.1. The molecule has 1 aromatic heterocycles. The summed E-state index contributed by atoms with van der Waals surface area (Å²) in [5.41, 5.74) is 1.35. The quantitative estimate of drug-likeness (QED) is 0.693. The van der Waals surface area contributed by atoms with E-state index in [4.69, 9.17) is 23.2 Å². The Hall–Kier alpha value is -1.59. The number of aromatic nitrogens is 2. The van der Waals surface area contributed by atoms with Gasteiger partial charge in [-0.1, -0.05) is 23.2 Å². The van der Waals surface area contributed by atoms with Gasteiger partial charge in [-0.3, -0.25) is 10.1 Å². The number of hydrogen-bond donors (Lipinski definition) is 1. The van der Waals surface area contributed by atoms with Crippen LogP contribution in [0.25, 0.3) is 11.4 Å². The summed E-state index contributed by atoms with van der Waals surface area (Å²) >= 11 is 11.9. The number of imidazole rings is 1. The van der Waals surface area contributed by atoms with Gasteiger partial charge in [-0.05, 0) is 18.2 Å². The summed E-state index contributed by atoms with van der Waals surface area (Å²) in [5.74, 6) is 0.579. The molecule has 0 aliphatic heterocycles. The lowest BCUT2D eigenvalue weighted by Gasteiger charge is -2.00. The molecule has 0 bridgehead atoms. The van der Waals surface area contributed by atoms with E-state index in [0.717, 1.165) is 0 Å². The van der Waals surface area contributed by atoms with Gasteiger partial charge < -0.3 is 4.98 Å². The highest BCUT2D eigenvalue weighted by Gasteiger charge is 2.09. The fraction of sp³-hybridized carbons (Fsp3) is 0.182. The summed E-state index contributed by atoms with van der Waals surface area (Å²) < 4.78 is 0. The van der Waals surface area contributed by atoms with Crippen LogP contribution in [0.1, 0.15) is 5.69 Å². The first kappa shape index (κ1) is 12.9. The number of hydrogen-bond acceptors (Lipinski definition) is 3. The minimum Gasteiger partial charge on any atom is -0.344 e. The van der Waals surface area contributed by atoms with Gasteiger partial charge in [0.05, 0.1) is 17.1 Å². The molecule has 1 aromatic carbocycles. The number of nitro groups is 1. The SMILES string of the molecule is O=[N+]([O-])CCc1c[nH]c(-c2ccc(Cl)cc2Cl)n1. The van der Waals surface area contributed by atoms with Crippen molar-refractivity contribution in [1.29, 1.82) is 0 Å². The third-order valence-electron chi connectivity index (χ3n) is 2.37. The second-order valence-corrected chi connectivity index (χ2v) is 4.51. The molecule has 0 radical (unpaired) electrons. The molecule has 1 N–H and O–H groups in total. The van der Waals surface area contributed by atoms with E-state index in [2.05, 4.69) is 9.97 Å². The van der Waals surface area contributed by atoms with Crippen molar-refractivity contribution in [2.75, 3.05) is 6.54 Å². The molecule has 5 nitrogen and oxygen atoms in total. The van der Waals surface area contributed by atoms with Crippen molar-refractivity contribution >= 4 is 23.2 Å². The van der Waals surface area contributed by atoms with Crippen molar-refractivity contribution in [3.05, 3.63) is 50.2 Å². The zero-order valence-corrected chi connectivity index (χ0v) is 10.7. The zero-order chi connectivity index (χ0) is 13.1. The van der Waals surface area contributed by atoms with E-state index in [-0.39, 0.29) is 17.9 Å². The molecule has 0 amide bonds. The lowest BCUT2D eigenvalue weighted by atomic mass is 10.2. The molecule has 2 aromatic rings. The van der Waals surface area contributed by atoms with E-state index in [9.17, 15) is 10.1 Å². The Balaban J connectivity index is 2.21. The highest BCUT2D eigenvalue weighted by atomic mass is 35.5. The Morgan fingerprint density at radius 2 is 2.17 bits per heavy atom. The number of H-pyrrole nitrogens is 1. The molecule has 7 heteroatoms. The van der Waals surface area contributed by atoms with Crippen LogP contribution in [0.5, 0.6) is 0 Å². The number of rotatable bonds is 4. The molecule has 94 valence electrons. The molecule has 0 saturated carbocycles. The van der Waals surface area contributed by atoms with Crippen LogP contribution in [0.15, 0.2) is 24.4 Å². The normalized spacial score (nSPS) is 10.6. The summed E-state index contributed by atoms with van der Waals surface area (Å²) in [6.45, 7) is -0.140. The maximum atomic E-state index is 10.3. The zero-order valence-electron chi connectivity index (χ0n) is 9.19. The number of benzene rings is 1. The summed E-state index contributed by atoms with van der Waals surface area (Å²) in [6, 6.07) is 5.08. The second-order valence-electron chi connectivity index (χ2n) is 3.67. The average molecular weight is 286 g/mol. The van der Waals surface area contributed by atoms with Crippen LogP contribution in [0.3, 0.4) is 0 Å². The van der Waals surface area contributed by atoms with Crippen molar-refractivity contribution in [2.45, 2.75) is 6.42 Å². The number of aromatic amines is 1. The lowest BCUT2D eigenvalue weighted by molar-refractivity contribution is -0.479. The molecular weight excluding hydrogens is 277 g/mol. The van der Waals surface area contributed by atoms with Gasteiger partial charge in [0.2, 0.25) is 6.54 Å². The highest BCUT2D eigenvalue weighted by Crippen LogP contribution is 2.28. The van der Waals surface area contributed by atoms with Gasteiger partial charge in [0.25, 0.3) is 0 Å². The van der Waals surface area contributed by atoms with Crippen molar-refractivity contribution in [1.82, 2.24) is 9.97 Å². The maximum absolute atomic E-state index is 10.3. The third-order valence-corrected chi connectivity index (χ3v) is 2.92. The number of nitrogens with one attached hydrogen (secondary N) is 1. The van der Waals surface area contributed by atoms with Crippen molar-refractivity contribution in [2.24, 2.45) is 0 Å². The number of nitrogens with zero attached hydrogens (tertiary/aromatic N) is 2. The van der Waals surface area contributed by atoms with Gasteiger partial charge in [-0.25, -0.2) is 4.98 Å². The van der Waals surface area contributed by atoms with Gasteiger partial charge >= 0.3 is 0 Å². The molecule has 0 unspecified atom stereocenters. The number of halogens is 2. The topological polar surface area (TPSA) is 71.8 Å². The first-order chi connectivity index (χ1) is 8.56. The maximum Gasteiger partial charge on any atom is 0.209 e. The van der Waals surface area contributed by atoms with Crippen LogP contribution in [0.4, 0.5) is 0 Å². The molecule has 0 saturated heterocycles. The second kappa shape index (κ2) is 5.37. The van der Waals surface area contributed by atoms with E-state index in [1.165, 1.54) is 0 Å². The van der Waals surface area contributed by atoms with Gasteiger partial charge in [0.1, 0.15) is 5.82 Å². The first-order valence-corrected chi connectivity index (χ1v) is 5.93. The Labute approximate surface area is 113 Å². The van der Waals surface area contributed by atoms with Crippen LogP contribution in [0, 0.1) is 10.1 Å². The molecule has 1 heterocycles. The Bertz CT molecular complexity index is 583. The molecule has 0 fully saturated rings. The van der Waals surface area contributed by atoms with Crippen molar-refractivity contribution in [3.63, 3.8) is 0 Å². The Morgan fingerprint density at radius 3 is 2.83 bits per heavy atom. The van der Waals surface area contributed by atoms with Crippen LogP contribution >= 0.6 is 23.2 Å². The minimum absolute atomic E-state index is 0.140. The largest absolute Gasteiger partial charge is 0.344 e. The fourth-order valence-electron chi connectivity index (χ4n) is 1.51. The molecule has 2 rings (SSSR count). The fourth-order valence-corrected chi connectivity index (χ4v) is 2.01. The van der Waals surface area contributed by atoms with E-state index in [1.54, 1.807) is 24.4 Å². The predicted octanol–water partition coefficient (Wildman–Crippen LogP) is 3.20. The van der Waals surface area contributed by atoms with Gasteiger partial charge in [0, 0.05) is 21.7 Å². The van der Waals surface area contributed by atoms with E-state index < -0.39 is 0 Å². The predicted molar refractivity (Wildman–Crippen MR) is 69.6 cm³/mol. The van der Waals surface area contributed by atoms with Gasteiger partial charge in [-0.2, -0.15) is 0 Å². The molecule has 0 atom stereocenters. The van der Waals surface area contributed by atoms with Crippen molar-refractivity contribution < 1.29 is 4.92 Å². The standard InChI is InChI=1S/C11H9Cl2N3O2/c12-7-1-2-9(10(13)5-7)11-14-6-8(15-11)3-4-16(17)18/h1-2,5-6H,3-4H2,(H,14,15). The van der Waals surface area contributed by atoms with Gasteiger partial charge in [-0.15, -0.1) is 0 Å². The molecule has 18 heavy (non-hydrogen) atoms. The monoisotopic (exact) mass is 285 g/mol. The summed E-state index contributed by atoms with van der Waals surface area (Å²) in [5, 5.41) is 11.3. The summed E-state index contributed by atoms with van der Waals surface area (Å²) in [7, 11) is 0. The Morgan fingerprint density at radius 1 is 1.39 bits per heavy atom. The molecular formula is C11H9Cl2N3O2. The van der Waals surface area contributed by atoms with Crippen LogP contribution < -0.4 is 0 Å². The average Bonchev–Trinajstić information content (AvgIpc) is 2.75.